The quantitative estimate of drug-likeness (QED) is 0.476. The molecule has 0 aliphatic heterocycles. The first-order valence-corrected chi connectivity index (χ1v) is 13.3. The first kappa shape index (κ1) is 27.2. The smallest absolute Gasteiger partial charge is 0.311 e. The predicted octanol–water partition coefficient (Wildman–Crippen LogP) is 4.15. The molecule has 2 amide bonds. The molecule has 0 unspecified atom stereocenters. The Morgan fingerprint density at radius 3 is 2.32 bits per heavy atom. The van der Waals surface area contributed by atoms with Crippen molar-refractivity contribution in [2.45, 2.75) is 83.8 Å². The van der Waals surface area contributed by atoms with Crippen LogP contribution in [-0.2, 0) is 14.3 Å². The summed E-state index contributed by atoms with van der Waals surface area (Å²) >= 11 is 0. The fourth-order valence-electron chi connectivity index (χ4n) is 5.46. The molecular formula is C28H39FN2O6. The third-order valence-electron chi connectivity index (χ3n) is 8.47. The topological polar surface area (TPSA) is 103 Å². The average molecular weight is 519 g/mol. The number of ether oxygens (including phenoxy) is 3. The van der Waals surface area contributed by atoms with E-state index in [1.807, 2.05) is 6.92 Å². The van der Waals surface area contributed by atoms with E-state index in [0.717, 1.165) is 25.3 Å². The number of esters is 1. The Labute approximate surface area is 218 Å². The molecule has 3 aliphatic rings. The molecule has 2 atom stereocenters. The van der Waals surface area contributed by atoms with Crippen LogP contribution in [0.2, 0.25) is 0 Å². The van der Waals surface area contributed by atoms with Crippen molar-refractivity contribution in [3.8, 4) is 11.5 Å². The fourth-order valence-corrected chi connectivity index (χ4v) is 5.46. The lowest BCUT2D eigenvalue weighted by Gasteiger charge is -2.35. The minimum absolute atomic E-state index is 0.0257. The Morgan fingerprint density at radius 2 is 1.70 bits per heavy atom. The Bertz CT molecular complexity index is 1030. The zero-order valence-corrected chi connectivity index (χ0v) is 22.3. The molecule has 8 nitrogen and oxygen atoms in total. The number of benzene rings is 1. The van der Waals surface area contributed by atoms with Gasteiger partial charge in [-0.15, -0.1) is 0 Å². The molecule has 0 aromatic heterocycles. The number of methoxy groups -OCH3 is 2. The molecule has 0 radical (unpaired) electrons. The van der Waals surface area contributed by atoms with Gasteiger partial charge in [-0.1, -0.05) is 13.3 Å². The summed E-state index contributed by atoms with van der Waals surface area (Å²) in [5.74, 6) is -1.55. The lowest BCUT2D eigenvalue weighted by molar-refractivity contribution is -0.154. The van der Waals surface area contributed by atoms with Gasteiger partial charge in [0.1, 0.15) is 5.75 Å². The minimum Gasteiger partial charge on any atom is -0.496 e. The first-order chi connectivity index (χ1) is 17.6. The number of hydrogen-bond donors (Lipinski definition) is 2. The number of halogens is 1. The summed E-state index contributed by atoms with van der Waals surface area (Å²) in [5, 5.41) is 6.04. The molecule has 204 valence electrons. The highest BCUT2D eigenvalue weighted by Crippen LogP contribution is 2.44. The van der Waals surface area contributed by atoms with Crippen molar-refractivity contribution < 1.29 is 33.0 Å². The van der Waals surface area contributed by atoms with E-state index in [-0.39, 0.29) is 52.4 Å². The van der Waals surface area contributed by atoms with E-state index in [0.29, 0.717) is 45.1 Å². The summed E-state index contributed by atoms with van der Waals surface area (Å²) in [6, 6.07) is 2.23. The molecular weight excluding hydrogens is 479 g/mol. The molecule has 2 N–H and O–H groups in total. The summed E-state index contributed by atoms with van der Waals surface area (Å²) in [5.41, 5.74) is -0.203. The molecule has 4 rings (SSSR count). The summed E-state index contributed by atoms with van der Waals surface area (Å²) in [6.45, 7) is 4.69. The van der Waals surface area contributed by atoms with Crippen molar-refractivity contribution in [2.24, 2.45) is 16.7 Å². The van der Waals surface area contributed by atoms with Crippen LogP contribution in [0.5, 0.6) is 11.5 Å². The molecule has 1 aromatic carbocycles. The molecule has 3 aliphatic carbocycles. The van der Waals surface area contributed by atoms with Gasteiger partial charge in [-0.2, -0.15) is 0 Å². The highest BCUT2D eigenvalue weighted by Gasteiger charge is 2.41. The van der Waals surface area contributed by atoms with E-state index in [1.165, 1.54) is 20.3 Å². The van der Waals surface area contributed by atoms with Crippen LogP contribution in [0.1, 0.15) is 82.0 Å². The number of hydrogen-bond acceptors (Lipinski definition) is 6. The third-order valence-corrected chi connectivity index (χ3v) is 8.47. The van der Waals surface area contributed by atoms with Crippen molar-refractivity contribution in [3.63, 3.8) is 0 Å². The average Bonchev–Trinajstić information content (AvgIpc) is 3.45. The zero-order valence-electron chi connectivity index (χ0n) is 22.3. The van der Waals surface area contributed by atoms with Gasteiger partial charge in [0.05, 0.1) is 37.2 Å². The molecule has 0 saturated heterocycles. The van der Waals surface area contributed by atoms with Crippen molar-refractivity contribution in [3.05, 3.63) is 23.5 Å². The van der Waals surface area contributed by atoms with Gasteiger partial charge in [0.2, 0.25) is 5.91 Å². The maximum Gasteiger partial charge on any atom is 0.311 e. The van der Waals surface area contributed by atoms with Crippen molar-refractivity contribution in [1.82, 2.24) is 10.6 Å². The predicted molar refractivity (Wildman–Crippen MR) is 135 cm³/mol. The van der Waals surface area contributed by atoms with Crippen LogP contribution in [0.15, 0.2) is 12.1 Å². The molecule has 0 heterocycles. The summed E-state index contributed by atoms with van der Waals surface area (Å²) in [7, 11) is 2.76. The molecule has 37 heavy (non-hydrogen) atoms. The van der Waals surface area contributed by atoms with Crippen LogP contribution < -0.4 is 20.1 Å². The van der Waals surface area contributed by atoms with Crippen molar-refractivity contribution >= 4 is 17.8 Å². The summed E-state index contributed by atoms with van der Waals surface area (Å²) in [6.07, 6.45) is 6.50. The SMILES string of the molecule is COc1cc(F)c(O[C@H]2CC[C@@](C)(C(=O)OC)CC2)cc1C(=O)N[C@@H]1CCC[C@@H]1C(=O)NCC1(C)CC1. The number of nitrogens with one attached hydrogen (secondary N) is 2. The van der Waals surface area contributed by atoms with Gasteiger partial charge >= 0.3 is 5.97 Å². The molecule has 0 bridgehead atoms. The third kappa shape index (κ3) is 6.18. The van der Waals surface area contributed by atoms with E-state index in [2.05, 4.69) is 17.6 Å². The highest BCUT2D eigenvalue weighted by atomic mass is 19.1. The lowest BCUT2D eigenvalue weighted by Crippen LogP contribution is -2.45. The van der Waals surface area contributed by atoms with E-state index < -0.39 is 17.1 Å². The normalized spacial score (nSPS) is 28.2. The van der Waals surface area contributed by atoms with Crippen LogP contribution in [-0.4, -0.2) is 50.7 Å². The minimum atomic E-state index is -0.624. The summed E-state index contributed by atoms with van der Waals surface area (Å²) in [4.78, 5) is 38.2. The van der Waals surface area contributed by atoms with Crippen LogP contribution >= 0.6 is 0 Å². The van der Waals surface area contributed by atoms with Gasteiger partial charge in [-0.25, -0.2) is 4.39 Å². The summed E-state index contributed by atoms with van der Waals surface area (Å²) < 4.78 is 31.0. The van der Waals surface area contributed by atoms with Gasteiger partial charge < -0.3 is 24.8 Å². The standard InChI is InChI=1S/C28H39FN2O6/c1-27(12-13-27)16-30-24(32)18-6-5-7-21(18)31-25(33)19-14-23(20(29)15-22(19)35-3)37-17-8-10-28(2,11-9-17)26(34)36-4/h14-15,17-18,21H,5-13,16H2,1-4H3,(H,30,32)(H,31,33)/t17-,18-,21+,28+/m0/s1. The largest absolute Gasteiger partial charge is 0.496 e. The fraction of sp³-hybridized carbons (Fsp3) is 0.679. The molecule has 1 aromatic rings. The maximum atomic E-state index is 14.9. The van der Waals surface area contributed by atoms with E-state index >= 15 is 0 Å². The second kappa shape index (κ2) is 10.9. The molecule has 3 fully saturated rings. The van der Waals surface area contributed by atoms with Gasteiger partial charge in [-0.3, -0.25) is 14.4 Å². The van der Waals surface area contributed by atoms with Gasteiger partial charge in [0, 0.05) is 18.7 Å². The second-order valence-corrected chi connectivity index (χ2v) is 11.5. The Morgan fingerprint density at radius 1 is 1.00 bits per heavy atom. The van der Waals surface area contributed by atoms with Crippen LogP contribution in [0.25, 0.3) is 0 Å². The van der Waals surface area contributed by atoms with Crippen LogP contribution in [0, 0.1) is 22.6 Å². The molecule has 0 spiro atoms. The number of carbonyl (C=O) groups excluding carboxylic acids is 3. The zero-order chi connectivity index (χ0) is 26.8. The van der Waals surface area contributed by atoms with E-state index in [4.69, 9.17) is 14.2 Å². The monoisotopic (exact) mass is 518 g/mol. The lowest BCUT2D eigenvalue weighted by atomic mass is 9.75. The van der Waals surface area contributed by atoms with Gasteiger partial charge in [0.25, 0.3) is 5.91 Å². The van der Waals surface area contributed by atoms with Crippen LogP contribution in [0.4, 0.5) is 4.39 Å². The maximum absolute atomic E-state index is 14.9. The first-order valence-electron chi connectivity index (χ1n) is 13.3. The van der Waals surface area contributed by atoms with Gasteiger partial charge in [0.15, 0.2) is 11.6 Å². The van der Waals surface area contributed by atoms with Crippen LogP contribution in [0.3, 0.4) is 0 Å². The van der Waals surface area contributed by atoms with E-state index in [1.54, 1.807) is 0 Å². The number of carbonyl (C=O) groups is 3. The molecule has 9 heteroatoms. The molecule has 3 saturated carbocycles. The van der Waals surface area contributed by atoms with Crippen molar-refractivity contribution in [1.29, 1.82) is 0 Å². The number of amides is 2. The Kier molecular flexibility index (Phi) is 7.99. The van der Waals surface area contributed by atoms with Gasteiger partial charge in [-0.05, 0) is 69.8 Å². The second-order valence-electron chi connectivity index (χ2n) is 11.5. The van der Waals surface area contributed by atoms with Crippen molar-refractivity contribution in [2.75, 3.05) is 20.8 Å². The number of rotatable bonds is 9. The highest BCUT2D eigenvalue weighted by molar-refractivity contribution is 5.98. The Hall–Kier alpha value is -2.84. The van der Waals surface area contributed by atoms with E-state index in [9.17, 15) is 18.8 Å². The Balaban J connectivity index is 1.41.